The van der Waals surface area contributed by atoms with Crippen molar-refractivity contribution in [1.29, 1.82) is 0 Å². The molecule has 0 aromatic carbocycles. The number of carbonyl (C=O) groups excluding carboxylic acids is 2. The van der Waals surface area contributed by atoms with E-state index in [0.29, 0.717) is 6.54 Å². The normalized spacial score (nSPS) is 17.0. The first-order valence-corrected chi connectivity index (χ1v) is 5.06. The molecule has 1 saturated heterocycles. The van der Waals surface area contributed by atoms with Gasteiger partial charge in [0.15, 0.2) is 0 Å². The third kappa shape index (κ3) is 1.90. The molecule has 0 radical (unpaired) electrons. The molecule has 0 saturated carbocycles. The molecular formula is C8H9N3O2S. The van der Waals surface area contributed by atoms with Crippen molar-refractivity contribution in [2.45, 2.75) is 6.54 Å². The maximum atomic E-state index is 11.4. The summed E-state index contributed by atoms with van der Waals surface area (Å²) in [5.74, 6) is -0.166. The molecule has 14 heavy (non-hydrogen) atoms. The van der Waals surface area contributed by atoms with Gasteiger partial charge in [0, 0.05) is 11.6 Å². The van der Waals surface area contributed by atoms with Crippen LogP contribution in [0, 0.1) is 0 Å². The fourth-order valence-electron chi connectivity index (χ4n) is 1.24. The van der Waals surface area contributed by atoms with Gasteiger partial charge in [0.25, 0.3) is 0 Å². The number of nitrogens with zero attached hydrogens (tertiary/aromatic N) is 2. The second-order valence-corrected chi connectivity index (χ2v) is 3.93. The van der Waals surface area contributed by atoms with Crippen LogP contribution in [0.4, 0.5) is 0 Å². The van der Waals surface area contributed by atoms with E-state index in [9.17, 15) is 9.59 Å². The summed E-state index contributed by atoms with van der Waals surface area (Å²) < 4.78 is 0. The van der Waals surface area contributed by atoms with Crippen LogP contribution in [0.5, 0.6) is 0 Å². The Labute approximate surface area is 84.7 Å². The van der Waals surface area contributed by atoms with Gasteiger partial charge in [-0.2, -0.15) is 0 Å². The molecule has 0 bridgehead atoms. The Morgan fingerprint density at radius 2 is 2.43 bits per heavy atom. The molecule has 2 heterocycles. The summed E-state index contributed by atoms with van der Waals surface area (Å²) in [6.45, 7) is 0.673. The van der Waals surface area contributed by atoms with E-state index in [1.807, 2.05) is 5.38 Å². The van der Waals surface area contributed by atoms with Gasteiger partial charge in [-0.25, -0.2) is 4.98 Å². The number of amides is 2. The molecule has 74 valence electrons. The monoisotopic (exact) mass is 211 g/mol. The van der Waals surface area contributed by atoms with Crippen LogP contribution in [0.25, 0.3) is 0 Å². The van der Waals surface area contributed by atoms with Crippen molar-refractivity contribution in [2.75, 3.05) is 13.1 Å². The lowest BCUT2D eigenvalue weighted by Gasteiger charge is -2.25. The topological polar surface area (TPSA) is 62.3 Å². The highest BCUT2D eigenvalue weighted by atomic mass is 32.1. The van der Waals surface area contributed by atoms with Crippen LogP contribution in [0.15, 0.2) is 11.6 Å². The fraction of sp³-hybridized carbons (Fsp3) is 0.375. The Kier molecular flexibility index (Phi) is 2.45. The van der Waals surface area contributed by atoms with Crippen LogP contribution in [-0.4, -0.2) is 34.8 Å². The number of thiazole rings is 1. The third-order valence-corrected chi connectivity index (χ3v) is 2.70. The number of aromatic nitrogens is 1. The zero-order chi connectivity index (χ0) is 9.97. The number of hydrogen-bond donors (Lipinski definition) is 1. The highest BCUT2D eigenvalue weighted by Gasteiger charge is 2.23. The highest BCUT2D eigenvalue weighted by molar-refractivity contribution is 7.09. The van der Waals surface area contributed by atoms with Gasteiger partial charge in [-0.1, -0.05) is 0 Å². The minimum absolute atomic E-state index is 0.0557. The molecule has 2 amide bonds. The number of carbonyl (C=O) groups is 2. The number of rotatable bonds is 2. The summed E-state index contributed by atoms with van der Waals surface area (Å²) in [6.07, 6.45) is 1.69. The Balaban J connectivity index is 2.02. The van der Waals surface area contributed by atoms with Gasteiger partial charge in [-0.05, 0) is 0 Å². The second kappa shape index (κ2) is 3.75. The van der Waals surface area contributed by atoms with Gasteiger partial charge in [0.05, 0.1) is 13.1 Å². The van der Waals surface area contributed by atoms with Crippen LogP contribution in [0.2, 0.25) is 0 Å². The van der Waals surface area contributed by atoms with Gasteiger partial charge in [-0.3, -0.25) is 9.59 Å². The maximum absolute atomic E-state index is 11.4. The SMILES string of the molecule is O=C1CN(Cc2nccs2)C(=O)CN1. The van der Waals surface area contributed by atoms with Gasteiger partial charge in [0.2, 0.25) is 11.8 Å². The lowest BCUT2D eigenvalue weighted by molar-refractivity contribution is -0.141. The molecule has 1 aromatic rings. The van der Waals surface area contributed by atoms with Crippen molar-refractivity contribution in [2.24, 2.45) is 0 Å². The van der Waals surface area contributed by atoms with Crippen LogP contribution in [0.3, 0.4) is 0 Å². The van der Waals surface area contributed by atoms with E-state index in [4.69, 9.17) is 0 Å². The van der Waals surface area contributed by atoms with E-state index in [1.54, 1.807) is 6.20 Å². The standard InChI is InChI=1S/C8H9N3O2S/c12-6-4-11(8(13)3-10-6)5-7-9-1-2-14-7/h1-2H,3-5H2,(H,10,12). The van der Waals surface area contributed by atoms with Crippen molar-refractivity contribution in [3.63, 3.8) is 0 Å². The van der Waals surface area contributed by atoms with Gasteiger partial charge >= 0.3 is 0 Å². The largest absolute Gasteiger partial charge is 0.345 e. The number of hydrogen-bond acceptors (Lipinski definition) is 4. The molecule has 0 spiro atoms. The predicted octanol–water partition coefficient (Wildman–Crippen LogP) is -0.399. The van der Waals surface area contributed by atoms with Crippen molar-refractivity contribution < 1.29 is 9.59 Å². The lowest BCUT2D eigenvalue weighted by atomic mass is 10.3. The van der Waals surface area contributed by atoms with Crippen LogP contribution in [-0.2, 0) is 16.1 Å². The van der Waals surface area contributed by atoms with E-state index in [2.05, 4.69) is 10.3 Å². The molecule has 0 atom stereocenters. The summed E-state index contributed by atoms with van der Waals surface area (Å²) in [4.78, 5) is 28.0. The molecule has 1 aromatic heterocycles. The van der Waals surface area contributed by atoms with E-state index in [1.165, 1.54) is 16.2 Å². The smallest absolute Gasteiger partial charge is 0.242 e. The van der Waals surface area contributed by atoms with Gasteiger partial charge in [-0.15, -0.1) is 11.3 Å². The Hall–Kier alpha value is -1.43. The van der Waals surface area contributed by atoms with Gasteiger partial charge in [0.1, 0.15) is 11.6 Å². The first-order valence-electron chi connectivity index (χ1n) is 4.18. The zero-order valence-corrected chi connectivity index (χ0v) is 8.21. The molecule has 6 heteroatoms. The summed E-state index contributed by atoms with van der Waals surface area (Å²) in [7, 11) is 0. The fourth-order valence-corrected chi connectivity index (χ4v) is 1.87. The molecule has 0 aliphatic carbocycles. The molecular weight excluding hydrogens is 202 g/mol. The molecule has 2 rings (SSSR count). The Bertz CT molecular complexity index is 349. The molecule has 1 aliphatic heterocycles. The molecule has 1 aliphatic rings. The maximum Gasteiger partial charge on any atom is 0.242 e. The van der Waals surface area contributed by atoms with Crippen LogP contribution < -0.4 is 5.32 Å². The van der Waals surface area contributed by atoms with E-state index >= 15 is 0 Å². The predicted molar refractivity (Wildman–Crippen MR) is 50.5 cm³/mol. The summed E-state index contributed by atoms with van der Waals surface area (Å²) in [5.41, 5.74) is 0. The quantitative estimate of drug-likeness (QED) is 0.724. The van der Waals surface area contributed by atoms with E-state index in [-0.39, 0.29) is 24.9 Å². The molecule has 1 fully saturated rings. The average molecular weight is 211 g/mol. The third-order valence-electron chi connectivity index (χ3n) is 1.93. The molecule has 1 N–H and O–H groups in total. The minimum Gasteiger partial charge on any atom is -0.345 e. The molecule has 0 unspecified atom stereocenters. The summed E-state index contributed by atoms with van der Waals surface area (Å²) in [6, 6.07) is 0. The average Bonchev–Trinajstić information content (AvgIpc) is 2.64. The number of piperazine rings is 1. The van der Waals surface area contributed by atoms with Crippen molar-refractivity contribution in [3.8, 4) is 0 Å². The summed E-state index contributed by atoms with van der Waals surface area (Å²) in [5, 5.41) is 5.20. The van der Waals surface area contributed by atoms with E-state index < -0.39 is 0 Å². The first-order chi connectivity index (χ1) is 6.75. The lowest BCUT2D eigenvalue weighted by Crippen LogP contribution is -2.50. The van der Waals surface area contributed by atoms with E-state index in [0.717, 1.165) is 5.01 Å². The van der Waals surface area contributed by atoms with Crippen molar-refractivity contribution >= 4 is 23.2 Å². The summed E-state index contributed by atoms with van der Waals surface area (Å²) >= 11 is 1.48. The minimum atomic E-state index is -0.110. The van der Waals surface area contributed by atoms with Crippen molar-refractivity contribution in [3.05, 3.63) is 16.6 Å². The Morgan fingerprint density at radius 3 is 3.14 bits per heavy atom. The van der Waals surface area contributed by atoms with Crippen molar-refractivity contribution in [1.82, 2.24) is 15.2 Å². The molecule has 5 nitrogen and oxygen atoms in total. The first kappa shape index (κ1) is 9.14. The highest BCUT2D eigenvalue weighted by Crippen LogP contribution is 2.09. The zero-order valence-electron chi connectivity index (χ0n) is 7.40. The van der Waals surface area contributed by atoms with Gasteiger partial charge < -0.3 is 10.2 Å². The Morgan fingerprint density at radius 1 is 1.57 bits per heavy atom. The second-order valence-electron chi connectivity index (χ2n) is 2.95. The van der Waals surface area contributed by atoms with Crippen LogP contribution in [0.1, 0.15) is 5.01 Å². The number of nitrogens with one attached hydrogen (secondary N) is 1. The van der Waals surface area contributed by atoms with Crippen LogP contribution >= 0.6 is 11.3 Å².